The van der Waals surface area contributed by atoms with Crippen LogP contribution in [0.5, 0.6) is 0 Å². The Hall–Kier alpha value is -2.96. The Morgan fingerprint density at radius 2 is 1.80 bits per heavy atom. The molecule has 158 valence electrons. The molecular formula is C23H28N4O3. The van der Waals surface area contributed by atoms with Crippen LogP contribution in [-0.4, -0.2) is 53.0 Å². The molecule has 1 amide bonds. The van der Waals surface area contributed by atoms with Crippen LogP contribution in [0.2, 0.25) is 0 Å². The van der Waals surface area contributed by atoms with Crippen molar-refractivity contribution in [3.8, 4) is 11.4 Å². The molecule has 0 radical (unpaired) electrons. The van der Waals surface area contributed by atoms with Crippen LogP contribution in [0, 0.1) is 0 Å². The number of benzene rings is 1. The second-order valence-corrected chi connectivity index (χ2v) is 7.73. The maximum atomic E-state index is 12.7. The Balaban J connectivity index is 1.58. The average molecular weight is 409 g/mol. The largest absolute Gasteiger partial charge is 0.466 e. The van der Waals surface area contributed by atoms with E-state index < -0.39 is 0 Å². The van der Waals surface area contributed by atoms with Crippen LogP contribution in [0.4, 0.5) is 5.82 Å². The number of fused-ring (bicyclic) bond motifs is 1. The zero-order valence-electron chi connectivity index (χ0n) is 17.5. The number of amides is 1. The van der Waals surface area contributed by atoms with Crippen molar-refractivity contribution in [1.29, 1.82) is 0 Å². The Morgan fingerprint density at radius 1 is 1.03 bits per heavy atom. The fourth-order valence-electron chi connectivity index (χ4n) is 4.12. The fourth-order valence-corrected chi connectivity index (χ4v) is 4.12. The van der Waals surface area contributed by atoms with Gasteiger partial charge in [-0.3, -0.25) is 9.59 Å². The van der Waals surface area contributed by atoms with E-state index in [-0.39, 0.29) is 24.7 Å². The number of carbonyl (C=O) groups is 2. The summed E-state index contributed by atoms with van der Waals surface area (Å²) in [7, 11) is 0. The highest BCUT2D eigenvalue weighted by Gasteiger charge is 2.29. The van der Waals surface area contributed by atoms with Gasteiger partial charge in [0.05, 0.1) is 25.3 Å². The minimum atomic E-state index is -0.322. The topological polar surface area (TPSA) is 75.6 Å². The molecule has 2 aliphatic rings. The van der Waals surface area contributed by atoms with Crippen molar-refractivity contribution in [3.05, 3.63) is 41.6 Å². The van der Waals surface area contributed by atoms with Crippen LogP contribution >= 0.6 is 0 Å². The molecule has 1 saturated heterocycles. The van der Waals surface area contributed by atoms with Gasteiger partial charge in [0.15, 0.2) is 5.82 Å². The van der Waals surface area contributed by atoms with E-state index in [1.54, 1.807) is 6.92 Å². The summed E-state index contributed by atoms with van der Waals surface area (Å²) in [5.41, 5.74) is 3.08. The number of anilines is 1. The van der Waals surface area contributed by atoms with E-state index >= 15 is 0 Å². The van der Waals surface area contributed by atoms with Gasteiger partial charge < -0.3 is 14.5 Å². The first-order valence-corrected chi connectivity index (χ1v) is 10.8. The normalized spacial score (nSPS) is 15.8. The molecule has 2 aromatic rings. The first-order valence-electron chi connectivity index (χ1n) is 10.8. The van der Waals surface area contributed by atoms with Crippen LogP contribution in [0.25, 0.3) is 11.4 Å². The highest BCUT2D eigenvalue weighted by atomic mass is 16.5. The van der Waals surface area contributed by atoms with E-state index in [4.69, 9.17) is 14.7 Å². The molecule has 0 N–H and O–H groups in total. The van der Waals surface area contributed by atoms with Crippen molar-refractivity contribution in [2.24, 2.45) is 0 Å². The second kappa shape index (κ2) is 9.24. The molecule has 7 heteroatoms. The number of hydrogen-bond donors (Lipinski definition) is 0. The number of hydrogen-bond acceptors (Lipinski definition) is 6. The lowest BCUT2D eigenvalue weighted by atomic mass is 10.0. The summed E-state index contributed by atoms with van der Waals surface area (Å²) in [6, 6.07) is 10.0. The minimum Gasteiger partial charge on any atom is -0.466 e. The number of nitrogens with zero attached hydrogens (tertiary/aromatic N) is 4. The highest BCUT2D eigenvalue weighted by molar-refractivity contribution is 5.81. The molecule has 30 heavy (non-hydrogen) atoms. The number of esters is 1. The van der Waals surface area contributed by atoms with E-state index in [0.29, 0.717) is 26.1 Å². The monoisotopic (exact) mass is 408 g/mol. The molecule has 0 bridgehead atoms. The first-order chi connectivity index (χ1) is 14.7. The standard InChI is InChI=1S/C23H28N4O3/c1-2-30-21(29)11-10-20(28)27-15-12-19-18(16-27)23(26-13-6-7-14-26)25-22(24-19)17-8-4-3-5-9-17/h3-5,8-9H,2,6-7,10-16H2,1H3. The average Bonchev–Trinajstić information content (AvgIpc) is 3.32. The van der Waals surface area contributed by atoms with Gasteiger partial charge in [0.1, 0.15) is 5.82 Å². The molecule has 7 nitrogen and oxygen atoms in total. The number of rotatable bonds is 6. The fraction of sp³-hybridized carbons (Fsp3) is 0.478. The van der Waals surface area contributed by atoms with E-state index in [2.05, 4.69) is 4.90 Å². The Morgan fingerprint density at radius 3 is 2.53 bits per heavy atom. The molecule has 0 spiro atoms. The minimum absolute atomic E-state index is 0.0202. The van der Waals surface area contributed by atoms with Gasteiger partial charge in [0.2, 0.25) is 5.91 Å². The van der Waals surface area contributed by atoms with Gasteiger partial charge in [-0.2, -0.15) is 0 Å². The molecular weight excluding hydrogens is 380 g/mol. The highest BCUT2D eigenvalue weighted by Crippen LogP contribution is 2.31. The second-order valence-electron chi connectivity index (χ2n) is 7.73. The van der Waals surface area contributed by atoms with Crippen molar-refractivity contribution in [3.63, 3.8) is 0 Å². The predicted molar refractivity (Wildman–Crippen MR) is 114 cm³/mol. The number of aromatic nitrogens is 2. The molecule has 1 aromatic carbocycles. The van der Waals surface area contributed by atoms with Gasteiger partial charge in [0, 0.05) is 43.6 Å². The molecule has 2 aliphatic heterocycles. The molecule has 0 unspecified atom stereocenters. The molecule has 4 rings (SSSR count). The summed E-state index contributed by atoms with van der Waals surface area (Å²) < 4.78 is 4.94. The van der Waals surface area contributed by atoms with Gasteiger partial charge in [-0.05, 0) is 19.8 Å². The van der Waals surface area contributed by atoms with Gasteiger partial charge in [-0.15, -0.1) is 0 Å². The molecule has 0 aliphatic carbocycles. The van der Waals surface area contributed by atoms with Crippen LogP contribution in [0.1, 0.15) is 43.9 Å². The van der Waals surface area contributed by atoms with Crippen molar-refractivity contribution >= 4 is 17.7 Å². The molecule has 0 atom stereocenters. The maximum absolute atomic E-state index is 12.7. The van der Waals surface area contributed by atoms with Crippen molar-refractivity contribution in [2.75, 3.05) is 31.1 Å². The molecule has 1 aromatic heterocycles. The maximum Gasteiger partial charge on any atom is 0.306 e. The molecule has 3 heterocycles. The van der Waals surface area contributed by atoms with E-state index in [9.17, 15) is 9.59 Å². The van der Waals surface area contributed by atoms with Gasteiger partial charge >= 0.3 is 5.97 Å². The third kappa shape index (κ3) is 4.45. The molecule has 1 fully saturated rings. The van der Waals surface area contributed by atoms with Crippen LogP contribution < -0.4 is 4.90 Å². The number of carbonyl (C=O) groups excluding carboxylic acids is 2. The Labute approximate surface area is 177 Å². The van der Waals surface area contributed by atoms with Gasteiger partial charge in [-0.1, -0.05) is 30.3 Å². The SMILES string of the molecule is CCOC(=O)CCC(=O)N1CCc2nc(-c3ccccc3)nc(N3CCCC3)c2C1. The van der Waals surface area contributed by atoms with Gasteiger partial charge in [-0.25, -0.2) is 9.97 Å². The third-order valence-corrected chi connectivity index (χ3v) is 5.68. The first kappa shape index (κ1) is 20.3. The summed E-state index contributed by atoms with van der Waals surface area (Å²) in [6.07, 6.45) is 3.31. The lowest BCUT2D eigenvalue weighted by Gasteiger charge is -2.32. The van der Waals surface area contributed by atoms with Crippen molar-refractivity contribution in [2.45, 2.75) is 45.6 Å². The predicted octanol–water partition coefficient (Wildman–Crippen LogP) is 2.97. The summed E-state index contributed by atoms with van der Waals surface area (Å²) in [5.74, 6) is 1.36. The van der Waals surface area contributed by atoms with Crippen LogP contribution in [-0.2, 0) is 27.3 Å². The zero-order chi connectivity index (χ0) is 20.9. The Bertz CT molecular complexity index is 910. The van der Waals surface area contributed by atoms with E-state index in [0.717, 1.165) is 54.4 Å². The van der Waals surface area contributed by atoms with E-state index in [1.165, 1.54) is 0 Å². The summed E-state index contributed by atoms with van der Waals surface area (Å²) >= 11 is 0. The van der Waals surface area contributed by atoms with E-state index in [1.807, 2.05) is 35.2 Å². The summed E-state index contributed by atoms with van der Waals surface area (Å²) in [4.78, 5) is 38.2. The summed E-state index contributed by atoms with van der Waals surface area (Å²) in [5, 5.41) is 0. The summed E-state index contributed by atoms with van der Waals surface area (Å²) in [6.45, 7) is 5.18. The molecule has 0 saturated carbocycles. The van der Waals surface area contributed by atoms with Crippen molar-refractivity contribution < 1.29 is 14.3 Å². The van der Waals surface area contributed by atoms with Crippen LogP contribution in [0.15, 0.2) is 30.3 Å². The zero-order valence-corrected chi connectivity index (χ0v) is 17.5. The van der Waals surface area contributed by atoms with Gasteiger partial charge in [0.25, 0.3) is 0 Å². The smallest absolute Gasteiger partial charge is 0.306 e. The third-order valence-electron chi connectivity index (χ3n) is 5.68. The quantitative estimate of drug-likeness (QED) is 0.684. The van der Waals surface area contributed by atoms with Crippen molar-refractivity contribution in [1.82, 2.24) is 14.9 Å². The lowest BCUT2D eigenvalue weighted by Crippen LogP contribution is -2.38. The lowest BCUT2D eigenvalue weighted by molar-refractivity contribution is -0.145. The Kier molecular flexibility index (Phi) is 6.26. The number of ether oxygens (including phenoxy) is 1. The van der Waals surface area contributed by atoms with Crippen LogP contribution in [0.3, 0.4) is 0 Å².